The highest BCUT2D eigenvalue weighted by molar-refractivity contribution is 14.0. The lowest BCUT2D eigenvalue weighted by Gasteiger charge is -2.10. The van der Waals surface area contributed by atoms with Crippen LogP contribution in [0.2, 0.25) is 0 Å². The first-order valence-corrected chi connectivity index (χ1v) is 9.96. The first-order chi connectivity index (χ1) is 12.6. The molecule has 0 aliphatic heterocycles. The van der Waals surface area contributed by atoms with Gasteiger partial charge < -0.3 is 15.4 Å². The SMILES string of the molecule is CCCOc1ccc(CN=C(NCC)NCCc2nc(C)c(C)s2)cn1.I. The number of hydrogen-bond acceptors (Lipinski definition) is 5. The maximum absolute atomic E-state index is 5.50. The largest absolute Gasteiger partial charge is 0.478 e. The monoisotopic (exact) mass is 503 g/mol. The highest BCUT2D eigenvalue weighted by Crippen LogP contribution is 2.16. The molecule has 2 heterocycles. The number of pyridine rings is 1. The Morgan fingerprint density at radius 3 is 2.63 bits per heavy atom. The average Bonchev–Trinajstić information content (AvgIpc) is 2.96. The van der Waals surface area contributed by atoms with E-state index in [0.717, 1.165) is 48.2 Å². The Morgan fingerprint density at radius 1 is 1.22 bits per heavy atom. The highest BCUT2D eigenvalue weighted by Gasteiger charge is 2.04. The summed E-state index contributed by atoms with van der Waals surface area (Å²) >= 11 is 1.76. The van der Waals surface area contributed by atoms with Gasteiger partial charge in [0.25, 0.3) is 0 Å². The van der Waals surface area contributed by atoms with Gasteiger partial charge in [-0.1, -0.05) is 13.0 Å². The van der Waals surface area contributed by atoms with E-state index in [9.17, 15) is 0 Å². The zero-order chi connectivity index (χ0) is 18.8. The van der Waals surface area contributed by atoms with Crippen molar-refractivity contribution in [2.75, 3.05) is 19.7 Å². The molecular formula is C19H30IN5OS. The van der Waals surface area contributed by atoms with Gasteiger partial charge in [0.15, 0.2) is 5.96 Å². The number of aromatic nitrogens is 2. The summed E-state index contributed by atoms with van der Waals surface area (Å²) in [6.45, 7) is 11.2. The van der Waals surface area contributed by atoms with E-state index in [4.69, 9.17) is 4.74 Å². The summed E-state index contributed by atoms with van der Waals surface area (Å²) in [6, 6.07) is 3.90. The van der Waals surface area contributed by atoms with Gasteiger partial charge in [-0.2, -0.15) is 0 Å². The van der Waals surface area contributed by atoms with Crippen LogP contribution in [0, 0.1) is 13.8 Å². The minimum Gasteiger partial charge on any atom is -0.478 e. The van der Waals surface area contributed by atoms with Gasteiger partial charge in [-0.25, -0.2) is 15.0 Å². The Bertz CT molecular complexity index is 683. The number of ether oxygens (including phenoxy) is 1. The van der Waals surface area contributed by atoms with E-state index in [-0.39, 0.29) is 24.0 Å². The lowest BCUT2D eigenvalue weighted by atomic mass is 10.3. The Morgan fingerprint density at radius 2 is 2.04 bits per heavy atom. The van der Waals surface area contributed by atoms with Crippen LogP contribution in [-0.4, -0.2) is 35.6 Å². The van der Waals surface area contributed by atoms with Crippen molar-refractivity contribution in [1.29, 1.82) is 0 Å². The predicted octanol–water partition coefficient (Wildman–Crippen LogP) is 3.86. The summed E-state index contributed by atoms with van der Waals surface area (Å²) in [4.78, 5) is 14.8. The molecule has 0 aliphatic rings. The second-order valence-corrected chi connectivity index (χ2v) is 7.26. The zero-order valence-corrected chi connectivity index (χ0v) is 19.7. The molecule has 8 heteroatoms. The fraction of sp³-hybridized carbons (Fsp3) is 0.526. The molecule has 2 aromatic heterocycles. The lowest BCUT2D eigenvalue weighted by Crippen LogP contribution is -2.38. The maximum atomic E-state index is 5.50. The molecule has 2 rings (SSSR count). The van der Waals surface area contributed by atoms with Crippen LogP contribution < -0.4 is 15.4 Å². The molecule has 0 saturated heterocycles. The third-order valence-electron chi connectivity index (χ3n) is 3.72. The number of nitrogens with zero attached hydrogens (tertiary/aromatic N) is 3. The summed E-state index contributed by atoms with van der Waals surface area (Å²) in [7, 11) is 0. The van der Waals surface area contributed by atoms with E-state index < -0.39 is 0 Å². The van der Waals surface area contributed by atoms with Gasteiger partial charge in [-0.15, -0.1) is 35.3 Å². The Hall–Kier alpha value is -1.42. The van der Waals surface area contributed by atoms with Crippen molar-refractivity contribution in [3.05, 3.63) is 39.5 Å². The van der Waals surface area contributed by atoms with E-state index in [1.54, 1.807) is 11.3 Å². The van der Waals surface area contributed by atoms with Gasteiger partial charge in [0.1, 0.15) is 0 Å². The van der Waals surface area contributed by atoms with Crippen molar-refractivity contribution >= 4 is 41.3 Å². The van der Waals surface area contributed by atoms with Crippen LogP contribution in [0.1, 0.15) is 41.4 Å². The molecule has 0 spiro atoms. The smallest absolute Gasteiger partial charge is 0.213 e. The highest BCUT2D eigenvalue weighted by atomic mass is 127. The first kappa shape index (κ1) is 23.6. The van der Waals surface area contributed by atoms with Crippen molar-refractivity contribution in [3.63, 3.8) is 0 Å². The van der Waals surface area contributed by atoms with E-state index in [2.05, 4.69) is 53.3 Å². The molecular weight excluding hydrogens is 473 g/mol. The number of thiazole rings is 1. The Kier molecular flexibility index (Phi) is 11.3. The van der Waals surface area contributed by atoms with Crippen molar-refractivity contribution in [2.24, 2.45) is 4.99 Å². The molecule has 2 N–H and O–H groups in total. The van der Waals surface area contributed by atoms with Crippen LogP contribution in [-0.2, 0) is 13.0 Å². The molecule has 0 aliphatic carbocycles. The summed E-state index contributed by atoms with van der Waals surface area (Å²) < 4.78 is 5.50. The van der Waals surface area contributed by atoms with Gasteiger partial charge >= 0.3 is 0 Å². The van der Waals surface area contributed by atoms with Crippen molar-refractivity contribution in [3.8, 4) is 5.88 Å². The van der Waals surface area contributed by atoms with Crippen molar-refractivity contribution in [1.82, 2.24) is 20.6 Å². The molecule has 0 atom stereocenters. The third kappa shape index (κ3) is 8.42. The minimum atomic E-state index is 0. The van der Waals surface area contributed by atoms with Crippen molar-refractivity contribution in [2.45, 2.75) is 47.1 Å². The molecule has 0 amide bonds. The van der Waals surface area contributed by atoms with Gasteiger partial charge in [-0.3, -0.25) is 0 Å². The van der Waals surface area contributed by atoms with Crippen LogP contribution in [0.25, 0.3) is 0 Å². The quantitative estimate of drug-likeness (QED) is 0.309. The van der Waals surface area contributed by atoms with Crippen LogP contribution in [0.15, 0.2) is 23.3 Å². The molecule has 0 bridgehead atoms. The number of nitrogens with one attached hydrogen (secondary N) is 2. The predicted molar refractivity (Wildman–Crippen MR) is 124 cm³/mol. The normalized spacial score (nSPS) is 11.0. The standard InChI is InChI=1S/C19H29N5OS.HI/c1-5-11-25-17-8-7-16(12-22-17)13-23-19(20-6-2)21-10-9-18-24-14(3)15(4)26-18;/h7-8,12H,5-6,9-11,13H2,1-4H3,(H2,20,21,23);1H. The minimum absolute atomic E-state index is 0. The van der Waals surface area contributed by atoms with Gasteiger partial charge in [-0.05, 0) is 32.8 Å². The number of aryl methyl sites for hydroxylation is 2. The molecule has 0 unspecified atom stereocenters. The number of guanidine groups is 1. The topological polar surface area (TPSA) is 71.4 Å². The number of rotatable bonds is 9. The molecule has 150 valence electrons. The van der Waals surface area contributed by atoms with Crippen LogP contribution in [0.3, 0.4) is 0 Å². The second-order valence-electron chi connectivity index (χ2n) is 5.97. The number of hydrogen-bond donors (Lipinski definition) is 2. The van der Waals surface area contributed by atoms with Crippen LogP contribution in [0.5, 0.6) is 5.88 Å². The number of aliphatic imine (C=N–C) groups is 1. The van der Waals surface area contributed by atoms with Crippen LogP contribution >= 0.6 is 35.3 Å². The fourth-order valence-electron chi connectivity index (χ4n) is 2.24. The Balaban J connectivity index is 0.00000364. The first-order valence-electron chi connectivity index (χ1n) is 9.15. The van der Waals surface area contributed by atoms with Crippen molar-refractivity contribution < 1.29 is 4.74 Å². The summed E-state index contributed by atoms with van der Waals surface area (Å²) in [5.41, 5.74) is 2.18. The van der Waals surface area contributed by atoms with Crippen LogP contribution in [0.4, 0.5) is 0 Å². The van der Waals surface area contributed by atoms with Gasteiger partial charge in [0.2, 0.25) is 5.88 Å². The van der Waals surface area contributed by atoms with Gasteiger partial charge in [0, 0.05) is 36.7 Å². The molecule has 27 heavy (non-hydrogen) atoms. The molecule has 0 aromatic carbocycles. The molecule has 2 aromatic rings. The van der Waals surface area contributed by atoms with E-state index in [1.807, 2.05) is 18.3 Å². The summed E-state index contributed by atoms with van der Waals surface area (Å²) in [6.07, 6.45) is 3.69. The summed E-state index contributed by atoms with van der Waals surface area (Å²) in [5, 5.41) is 7.80. The van der Waals surface area contributed by atoms with E-state index >= 15 is 0 Å². The zero-order valence-electron chi connectivity index (χ0n) is 16.5. The maximum Gasteiger partial charge on any atom is 0.213 e. The summed E-state index contributed by atoms with van der Waals surface area (Å²) in [5.74, 6) is 1.47. The fourth-order valence-corrected chi connectivity index (χ4v) is 3.18. The Labute approximate surface area is 183 Å². The van der Waals surface area contributed by atoms with E-state index in [1.165, 1.54) is 4.88 Å². The molecule has 0 saturated carbocycles. The lowest BCUT2D eigenvalue weighted by molar-refractivity contribution is 0.305. The second kappa shape index (κ2) is 12.9. The number of halogens is 1. The molecule has 6 nitrogen and oxygen atoms in total. The van der Waals surface area contributed by atoms with E-state index in [0.29, 0.717) is 19.0 Å². The third-order valence-corrected chi connectivity index (χ3v) is 4.85. The molecule has 0 fully saturated rings. The average molecular weight is 503 g/mol. The molecule has 0 radical (unpaired) electrons. The van der Waals surface area contributed by atoms with Gasteiger partial charge in [0.05, 0.1) is 23.9 Å².